The van der Waals surface area contributed by atoms with E-state index in [-0.39, 0.29) is 0 Å². The van der Waals surface area contributed by atoms with E-state index in [2.05, 4.69) is 54.7 Å². The Kier molecular flexibility index (Phi) is 6.29. The monoisotopic (exact) mass is 283 g/mol. The smallest absolute Gasteiger partial charge is 0.119 e. The third-order valence-corrected chi connectivity index (χ3v) is 3.60. The first-order chi connectivity index (χ1) is 10.3. The second-order valence-corrected chi connectivity index (χ2v) is 5.38. The second-order valence-electron chi connectivity index (χ2n) is 5.38. The van der Waals surface area contributed by atoms with Gasteiger partial charge in [-0.15, -0.1) is 0 Å². The summed E-state index contributed by atoms with van der Waals surface area (Å²) in [5.74, 6) is 0.943. The molecule has 0 saturated heterocycles. The highest BCUT2D eigenvalue weighted by Gasteiger charge is 2.02. The van der Waals surface area contributed by atoms with E-state index < -0.39 is 0 Å². The Morgan fingerprint density at radius 2 is 1.67 bits per heavy atom. The van der Waals surface area contributed by atoms with Crippen molar-refractivity contribution in [3.63, 3.8) is 0 Å². The van der Waals surface area contributed by atoms with Gasteiger partial charge in [0.25, 0.3) is 0 Å². The molecule has 0 spiro atoms. The first-order valence-corrected chi connectivity index (χ1v) is 7.77. The third-order valence-electron chi connectivity index (χ3n) is 3.60. The van der Waals surface area contributed by atoms with Crippen molar-refractivity contribution in [1.29, 1.82) is 0 Å². The second kappa shape index (κ2) is 8.48. The van der Waals surface area contributed by atoms with Crippen LogP contribution in [-0.2, 0) is 13.0 Å². The largest absolute Gasteiger partial charge is 0.494 e. The maximum absolute atomic E-state index is 5.45. The molecule has 1 N–H and O–H groups in total. The third kappa shape index (κ3) is 5.60. The number of hydrogen-bond acceptors (Lipinski definition) is 2. The molecule has 2 heteroatoms. The average molecular weight is 283 g/mol. The Hall–Kier alpha value is -1.80. The molecule has 112 valence electrons. The van der Waals surface area contributed by atoms with Gasteiger partial charge in [0.05, 0.1) is 6.61 Å². The van der Waals surface area contributed by atoms with Crippen LogP contribution in [0.4, 0.5) is 0 Å². The minimum atomic E-state index is 0.511. The van der Waals surface area contributed by atoms with E-state index in [4.69, 9.17) is 4.74 Å². The Labute approximate surface area is 128 Å². The highest BCUT2D eigenvalue weighted by molar-refractivity contribution is 5.27. The average Bonchev–Trinajstić information content (AvgIpc) is 2.53. The molecule has 0 radical (unpaired) electrons. The summed E-state index contributed by atoms with van der Waals surface area (Å²) in [4.78, 5) is 0. The summed E-state index contributed by atoms with van der Waals surface area (Å²) in [6, 6.07) is 19.5. The van der Waals surface area contributed by atoms with E-state index in [9.17, 15) is 0 Å². The molecule has 0 unspecified atom stereocenters. The molecule has 2 aromatic rings. The zero-order chi connectivity index (χ0) is 14.9. The van der Waals surface area contributed by atoms with E-state index in [1.54, 1.807) is 0 Å². The molecule has 0 aliphatic carbocycles. The van der Waals surface area contributed by atoms with Gasteiger partial charge in [0.1, 0.15) is 5.75 Å². The molecule has 2 rings (SSSR count). The zero-order valence-corrected chi connectivity index (χ0v) is 13.0. The van der Waals surface area contributed by atoms with Gasteiger partial charge in [-0.1, -0.05) is 42.5 Å². The van der Waals surface area contributed by atoms with Crippen LogP contribution in [0, 0.1) is 0 Å². The lowest BCUT2D eigenvalue weighted by Gasteiger charge is -2.14. The normalized spacial score (nSPS) is 12.1. The molecule has 0 bridgehead atoms. The van der Waals surface area contributed by atoms with Crippen molar-refractivity contribution in [3.8, 4) is 5.75 Å². The van der Waals surface area contributed by atoms with E-state index >= 15 is 0 Å². The lowest BCUT2D eigenvalue weighted by Crippen LogP contribution is -2.25. The standard InChI is InChI=1S/C19H25NO/c1-3-21-19-13-11-18(12-14-19)15-20-16(2)9-10-17-7-5-4-6-8-17/h4-8,11-14,16,20H,3,9-10,15H2,1-2H3/t16-/m0/s1. The van der Waals surface area contributed by atoms with Gasteiger partial charge in [0, 0.05) is 12.6 Å². The van der Waals surface area contributed by atoms with Crippen molar-refractivity contribution in [2.75, 3.05) is 6.61 Å². The van der Waals surface area contributed by atoms with Gasteiger partial charge < -0.3 is 10.1 Å². The number of ether oxygens (including phenoxy) is 1. The van der Waals surface area contributed by atoms with Gasteiger partial charge in [-0.2, -0.15) is 0 Å². The first kappa shape index (κ1) is 15.6. The first-order valence-electron chi connectivity index (χ1n) is 7.77. The molecule has 21 heavy (non-hydrogen) atoms. The molecular weight excluding hydrogens is 258 g/mol. The fourth-order valence-corrected chi connectivity index (χ4v) is 2.29. The summed E-state index contributed by atoms with van der Waals surface area (Å²) in [5.41, 5.74) is 2.71. The lowest BCUT2D eigenvalue weighted by molar-refractivity contribution is 0.340. The fourth-order valence-electron chi connectivity index (χ4n) is 2.29. The molecule has 0 heterocycles. The lowest BCUT2D eigenvalue weighted by atomic mass is 10.1. The van der Waals surface area contributed by atoms with Crippen LogP contribution < -0.4 is 10.1 Å². The van der Waals surface area contributed by atoms with Gasteiger partial charge in [0.2, 0.25) is 0 Å². The molecule has 0 saturated carbocycles. The van der Waals surface area contributed by atoms with Crippen LogP contribution in [-0.4, -0.2) is 12.6 Å². The maximum atomic E-state index is 5.45. The van der Waals surface area contributed by atoms with Gasteiger partial charge >= 0.3 is 0 Å². The Balaban J connectivity index is 1.72. The summed E-state index contributed by atoms with van der Waals surface area (Å²) >= 11 is 0. The predicted molar refractivity (Wildman–Crippen MR) is 88.7 cm³/mol. The van der Waals surface area contributed by atoms with E-state index in [0.717, 1.165) is 25.1 Å². The van der Waals surface area contributed by atoms with Gasteiger partial charge in [-0.25, -0.2) is 0 Å². The van der Waals surface area contributed by atoms with Crippen molar-refractivity contribution in [1.82, 2.24) is 5.32 Å². The van der Waals surface area contributed by atoms with Crippen LogP contribution in [0.25, 0.3) is 0 Å². The molecule has 0 fully saturated rings. The molecule has 0 aliphatic heterocycles. The molecule has 2 aromatic carbocycles. The van der Waals surface area contributed by atoms with Crippen LogP contribution in [0.5, 0.6) is 5.75 Å². The molecule has 0 aromatic heterocycles. The molecule has 0 amide bonds. The minimum absolute atomic E-state index is 0.511. The van der Waals surface area contributed by atoms with Crippen LogP contribution in [0.2, 0.25) is 0 Å². The number of hydrogen-bond donors (Lipinski definition) is 1. The van der Waals surface area contributed by atoms with Crippen LogP contribution >= 0.6 is 0 Å². The van der Waals surface area contributed by atoms with Crippen LogP contribution in [0.15, 0.2) is 54.6 Å². The molecule has 0 aliphatic rings. The Bertz CT molecular complexity index is 507. The van der Waals surface area contributed by atoms with Gasteiger partial charge in [0.15, 0.2) is 0 Å². The van der Waals surface area contributed by atoms with E-state index in [1.807, 2.05) is 19.1 Å². The Morgan fingerprint density at radius 1 is 0.952 bits per heavy atom. The van der Waals surface area contributed by atoms with Crippen molar-refractivity contribution in [3.05, 3.63) is 65.7 Å². The SMILES string of the molecule is CCOc1ccc(CN[C@@H](C)CCc2ccccc2)cc1. The summed E-state index contributed by atoms with van der Waals surface area (Å²) in [7, 11) is 0. The summed E-state index contributed by atoms with van der Waals surface area (Å²) in [6.45, 7) is 5.87. The topological polar surface area (TPSA) is 21.3 Å². The van der Waals surface area contributed by atoms with Gasteiger partial charge in [-0.3, -0.25) is 0 Å². The summed E-state index contributed by atoms with van der Waals surface area (Å²) < 4.78 is 5.45. The zero-order valence-electron chi connectivity index (χ0n) is 13.0. The number of benzene rings is 2. The number of nitrogens with one attached hydrogen (secondary N) is 1. The van der Waals surface area contributed by atoms with Crippen molar-refractivity contribution in [2.45, 2.75) is 39.3 Å². The number of rotatable bonds is 8. The molecule has 1 atom stereocenters. The van der Waals surface area contributed by atoms with Crippen LogP contribution in [0.3, 0.4) is 0 Å². The maximum Gasteiger partial charge on any atom is 0.119 e. The number of aryl methyl sites for hydroxylation is 1. The fraction of sp³-hybridized carbons (Fsp3) is 0.368. The Morgan fingerprint density at radius 3 is 2.33 bits per heavy atom. The van der Waals surface area contributed by atoms with E-state index in [1.165, 1.54) is 11.1 Å². The van der Waals surface area contributed by atoms with Crippen molar-refractivity contribution in [2.24, 2.45) is 0 Å². The molecule has 2 nitrogen and oxygen atoms in total. The van der Waals surface area contributed by atoms with Crippen molar-refractivity contribution >= 4 is 0 Å². The predicted octanol–water partition coefficient (Wildman–Crippen LogP) is 4.20. The highest BCUT2D eigenvalue weighted by Crippen LogP contribution is 2.12. The molecular formula is C19H25NO. The summed E-state index contributed by atoms with van der Waals surface area (Å²) in [6.07, 6.45) is 2.28. The highest BCUT2D eigenvalue weighted by atomic mass is 16.5. The van der Waals surface area contributed by atoms with Gasteiger partial charge in [-0.05, 0) is 49.9 Å². The van der Waals surface area contributed by atoms with Crippen molar-refractivity contribution < 1.29 is 4.74 Å². The van der Waals surface area contributed by atoms with Crippen LogP contribution in [0.1, 0.15) is 31.4 Å². The minimum Gasteiger partial charge on any atom is -0.494 e. The quantitative estimate of drug-likeness (QED) is 0.784. The van der Waals surface area contributed by atoms with E-state index in [0.29, 0.717) is 12.6 Å². The summed E-state index contributed by atoms with van der Waals surface area (Å²) in [5, 5.41) is 3.58.